The van der Waals surface area contributed by atoms with Gasteiger partial charge in [-0.2, -0.15) is 0 Å². The minimum atomic E-state index is 0.0356. The van der Waals surface area contributed by atoms with E-state index < -0.39 is 0 Å². The second kappa shape index (κ2) is 13.3. The molecule has 2 nitrogen and oxygen atoms in total. The summed E-state index contributed by atoms with van der Waals surface area (Å²) < 4.78 is 1.40. The number of halogens is 1. The molecule has 3 heterocycles. The number of hydrogen-bond acceptors (Lipinski definition) is 3. The number of aryl methyl sites for hydroxylation is 3. The summed E-state index contributed by atoms with van der Waals surface area (Å²) in [4.78, 5) is 5.35. The van der Waals surface area contributed by atoms with Gasteiger partial charge in [0.2, 0.25) is 0 Å². The average Bonchev–Trinajstić information content (AvgIpc) is 3.58. The lowest BCUT2D eigenvalue weighted by molar-refractivity contribution is 0.332. The Labute approximate surface area is 393 Å². The van der Waals surface area contributed by atoms with E-state index in [0.29, 0.717) is 0 Å². The van der Waals surface area contributed by atoms with E-state index in [1.54, 1.807) is 0 Å². The Morgan fingerprint density at radius 3 is 1.38 bits per heavy atom. The van der Waals surface area contributed by atoms with Crippen molar-refractivity contribution in [3.05, 3.63) is 122 Å². The largest absolute Gasteiger partial charge is 0.311 e. The Morgan fingerprint density at radius 1 is 0.453 bits per heavy atom. The van der Waals surface area contributed by atoms with Crippen molar-refractivity contribution in [3.63, 3.8) is 0 Å². The molecule has 64 heavy (non-hydrogen) atoms. The van der Waals surface area contributed by atoms with Crippen LogP contribution in [0, 0.1) is 20.8 Å². The lowest BCUT2D eigenvalue weighted by Gasteiger charge is -2.46. The van der Waals surface area contributed by atoms with Crippen LogP contribution >= 0.6 is 22.9 Å². The van der Waals surface area contributed by atoms with E-state index in [0.717, 1.165) is 5.02 Å². The molecule has 5 aliphatic rings. The van der Waals surface area contributed by atoms with Crippen molar-refractivity contribution in [1.82, 2.24) is 0 Å². The van der Waals surface area contributed by atoms with Crippen LogP contribution in [0.3, 0.4) is 0 Å². The van der Waals surface area contributed by atoms with Crippen molar-refractivity contribution in [2.24, 2.45) is 0 Å². The molecule has 1 aromatic heterocycles. The van der Waals surface area contributed by atoms with Gasteiger partial charge in [-0.1, -0.05) is 113 Å². The number of hydrogen-bond donors (Lipinski definition) is 0. The first kappa shape index (κ1) is 42.6. The third kappa shape index (κ3) is 5.95. The van der Waals surface area contributed by atoms with Gasteiger partial charge < -0.3 is 9.80 Å². The summed E-state index contributed by atoms with van der Waals surface area (Å²) in [7, 11) is 0. The number of benzene rings is 5. The second-order valence-electron chi connectivity index (χ2n) is 24.9. The van der Waals surface area contributed by atoms with Gasteiger partial charge in [-0.25, -0.2) is 0 Å². The van der Waals surface area contributed by atoms with Gasteiger partial charge in [-0.15, -0.1) is 11.3 Å². The molecule has 6 aromatic rings. The molecule has 0 amide bonds. The van der Waals surface area contributed by atoms with Crippen LogP contribution in [-0.4, -0.2) is 6.71 Å². The third-order valence-electron chi connectivity index (χ3n) is 17.6. The van der Waals surface area contributed by atoms with Crippen molar-refractivity contribution in [1.29, 1.82) is 0 Å². The molecule has 0 spiro atoms. The van der Waals surface area contributed by atoms with Gasteiger partial charge in [-0.05, 0) is 212 Å². The van der Waals surface area contributed by atoms with Gasteiger partial charge in [0.15, 0.2) is 0 Å². The zero-order valence-electron chi connectivity index (χ0n) is 41.4. The zero-order valence-corrected chi connectivity index (χ0v) is 42.9. The Hall–Kier alpha value is -3.99. The molecule has 0 saturated carbocycles. The standard InChI is InChI=1S/C59H68BClN2S/c1-33-24-48-52-49(25-33)63(46-31-42-39(27-35(46)3)55(6,7)19-22-58(42,12)13)53-51(37-29-40-43(32-50(37)64-53)59(14,15)23-20-56(40,8)9)60(52)44-17-16-36(61)28-47(44)62(48)45-30-41-38(26-34(45)2)54(4,5)18-21-57(41,10)11/h16-17,24-32H,18-23H2,1-15H3. The van der Waals surface area contributed by atoms with E-state index in [9.17, 15) is 0 Å². The van der Waals surface area contributed by atoms with Crippen LogP contribution < -0.4 is 26.2 Å². The predicted octanol–water partition coefficient (Wildman–Crippen LogP) is 15.6. The van der Waals surface area contributed by atoms with Gasteiger partial charge in [-0.3, -0.25) is 0 Å². The molecule has 5 aromatic carbocycles. The van der Waals surface area contributed by atoms with Crippen LogP contribution in [0.15, 0.2) is 66.7 Å². The number of anilines is 6. The molecule has 0 saturated heterocycles. The minimum Gasteiger partial charge on any atom is -0.311 e. The highest BCUT2D eigenvalue weighted by molar-refractivity contribution is 7.26. The van der Waals surface area contributed by atoms with Gasteiger partial charge in [0.05, 0.1) is 10.7 Å². The number of thiophene rings is 1. The minimum absolute atomic E-state index is 0.0356. The molecule has 0 radical (unpaired) electrons. The van der Waals surface area contributed by atoms with Crippen LogP contribution in [0.2, 0.25) is 5.02 Å². The molecule has 0 atom stereocenters. The van der Waals surface area contributed by atoms with E-state index in [4.69, 9.17) is 11.6 Å². The molecule has 2 aliphatic heterocycles. The van der Waals surface area contributed by atoms with Crippen molar-refractivity contribution in [3.8, 4) is 0 Å². The molecule has 0 N–H and O–H groups in total. The maximum atomic E-state index is 7.16. The lowest BCUT2D eigenvalue weighted by atomic mass is 9.33. The molecule has 0 bridgehead atoms. The smallest absolute Gasteiger partial charge is 0.254 e. The fourth-order valence-corrected chi connectivity index (χ4v) is 14.5. The van der Waals surface area contributed by atoms with Crippen LogP contribution in [0.1, 0.15) is 172 Å². The molecule has 3 aliphatic carbocycles. The topological polar surface area (TPSA) is 6.48 Å². The number of nitrogens with zero attached hydrogens (tertiary/aromatic N) is 2. The van der Waals surface area contributed by atoms with E-state index in [-0.39, 0.29) is 39.2 Å². The molecular formula is C59H68BClN2S. The summed E-state index contributed by atoms with van der Waals surface area (Å²) in [6, 6.07) is 27.3. The Kier molecular flexibility index (Phi) is 8.89. The predicted molar refractivity (Wildman–Crippen MR) is 281 cm³/mol. The van der Waals surface area contributed by atoms with Crippen molar-refractivity contribution in [2.75, 3.05) is 9.80 Å². The molecular weight excluding hydrogens is 815 g/mol. The normalized spacial score (nSPS) is 21.1. The van der Waals surface area contributed by atoms with Gasteiger partial charge in [0.1, 0.15) is 0 Å². The highest BCUT2D eigenvalue weighted by Crippen LogP contribution is 2.56. The summed E-state index contributed by atoms with van der Waals surface area (Å²) in [5, 5.41) is 3.55. The summed E-state index contributed by atoms with van der Waals surface area (Å²) in [6.07, 6.45) is 7.16. The van der Waals surface area contributed by atoms with Crippen LogP contribution in [0.25, 0.3) is 10.1 Å². The Balaban J connectivity index is 1.26. The quantitative estimate of drug-likeness (QED) is 0.160. The van der Waals surface area contributed by atoms with E-state index in [1.807, 2.05) is 11.3 Å². The maximum absolute atomic E-state index is 7.16. The summed E-state index contributed by atoms with van der Waals surface area (Å²) >= 11 is 9.18. The van der Waals surface area contributed by atoms with E-state index >= 15 is 0 Å². The van der Waals surface area contributed by atoms with Crippen LogP contribution in [0.5, 0.6) is 0 Å². The van der Waals surface area contributed by atoms with Gasteiger partial charge in [0, 0.05) is 32.5 Å². The van der Waals surface area contributed by atoms with Gasteiger partial charge in [0.25, 0.3) is 6.71 Å². The lowest BCUT2D eigenvalue weighted by Crippen LogP contribution is -2.61. The SMILES string of the molecule is Cc1cc2c3c(c1)N(c1cc4c(cc1C)C(C)(C)CCC4(C)C)c1sc4cc5c(cc4c1B3c1ccc(Cl)cc1N2c1cc2c(cc1C)C(C)(C)CCC2(C)C)C(C)(C)CCC5(C)C. The summed E-state index contributed by atoms with van der Waals surface area (Å²) in [6.45, 7) is 36.6. The first-order valence-corrected chi connectivity index (χ1v) is 25.5. The van der Waals surface area contributed by atoms with Crippen LogP contribution in [0.4, 0.5) is 33.4 Å². The fourth-order valence-electron chi connectivity index (χ4n) is 13.1. The van der Waals surface area contributed by atoms with Crippen molar-refractivity contribution in [2.45, 2.75) is 175 Å². The first-order chi connectivity index (χ1) is 29.8. The summed E-state index contributed by atoms with van der Waals surface area (Å²) in [5.41, 5.74) is 24.2. The monoisotopic (exact) mass is 882 g/mol. The molecule has 5 heteroatoms. The van der Waals surface area contributed by atoms with Gasteiger partial charge >= 0.3 is 0 Å². The Morgan fingerprint density at radius 2 is 0.875 bits per heavy atom. The molecule has 0 fully saturated rings. The van der Waals surface area contributed by atoms with E-state index in [2.05, 4.69) is 180 Å². The molecule has 0 unspecified atom stereocenters. The average molecular weight is 884 g/mol. The van der Waals surface area contributed by atoms with Crippen molar-refractivity contribution >= 4 is 89.6 Å². The van der Waals surface area contributed by atoms with Crippen LogP contribution in [-0.2, 0) is 32.5 Å². The molecule has 11 rings (SSSR count). The number of rotatable bonds is 2. The fraction of sp³-hybridized carbons (Fsp3) is 0.458. The molecule has 330 valence electrons. The summed E-state index contributed by atoms with van der Waals surface area (Å²) in [5.74, 6) is 0. The Bertz CT molecular complexity index is 3030. The zero-order chi connectivity index (χ0) is 45.6. The highest BCUT2D eigenvalue weighted by Gasteiger charge is 2.48. The third-order valence-corrected chi connectivity index (χ3v) is 19.0. The first-order valence-electron chi connectivity index (χ1n) is 24.3. The number of fused-ring (bicyclic) bond motifs is 9. The van der Waals surface area contributed by atoms with E-state index in [1.165, 1.54) is 149 Å². The second-order valence-corrected chi connectivity index (χ2v) is 26.4. The highest BCUT2D eigenvalue weighted by atomic mass is 35.5. The maximum Gasteiger partial charge on any atom is 0.254 e. The van der Waals surface area contributed by atoms with Crippen molar-refractivity contribution < 1.29 is 0 Å².